The van der Waals surface area contributed by atoms with Gasteiger partial charge < -0.3 is 0 Å². The number of allylic oxidation sites excluding steroid dienone is 2. The SMILES string of the molecule is C=CC=C.Cc1ccc(SN)s1. The molecule has 0 saturated heterocycles. The molecule has 2 N–H and O–H groups in total. The first-order chi connectivity index (χ1) is 5.74. The molecule has 0 aliphatic carbocycles. The Morgan fingerprint density at radius 1 is 1.42 bits per heavy atom. The molecule has 1 aromatic rings. The maximum Gasteiger partial charge on any atom is 0.0751 e. The van der Waals surface area contributed by atoms with Crippen molar-refractivity contribution in [3.63, 3.8) is 0 Å². The fourth-order valence-electron chi connectivity index (χ4n) is 0.475. The van der Waals surface area contributed by atoms with E-state index in [-0.39, 0.29) is 0 Å². The van der Waals surface area contributed by atoms with Gasteiger partial charge in [-0.25, -0.2) is 0 Å². The van der Waals surface area contributed by atoms with Crippen molar-refractivity contribution in [3.05, 3.63) is 42.3 Å². The Morgan fingerprint density at radius 3 is 2.17 bits per heavy atom. The molecule has 0 aliphatic rings. The van der Waals surface area contributed by atoms with Gasteiger partial charge in [0.25, 0.3) is 0 Å². The minimum atomic E-state index is 1.18. The second kappa shape index (κ2) is 7.16. The topological polar surface area (TPSA) is 26.0 Å². The van der Waals surface area contributed by atoms with Crippen LogP contribution in [-0.4, -0.2) is 0 Å². The maximum absolute atomic E-state index is 5.29. The van der Waals surface area contributed by atoms with Crippen LogP contribution in [0.3, 0.4) is 0 Å². The summed E-state index contributed by atoms with van der Waals surface area (Å²) >= 11 is 3.03. The van der Waals surface area contributed by atoms with Crippen LogP contribution in [0.15, 0.2) is 41.7 Å². The van der Waals surface area contributed by atoms with Crippen molar-refractivity contribution in [2.24, 2.45) is 5.14 Å². The first kappa shape index (κ1) is 11.5. The van der Waals surface area contributed by atoms with Gasteiger partial charge in [0.15, 0.2) is 0 Å². The van der Waals surface area contributed by atoms with E-state index in [9.17, 15) is 0 Å². The van der Waals surface area contributed by atoms with Gasteiger partial charge in [0, 0.05) is 4.88 Å². The Bertz CT molecular complexity index is 234. The third-order valence-corrected chi connectivity index (χ3v) is 2.70. The number of rotatable bonds is 2. The minimum Gasteiger partial charge on any atom is -0.273 e. The molecular weight excluding hydrogens is 186 g/mol. The van der Waals surface area contributed by atoms with Crippen LogP contribution < -0.4 is 5.14 Å². The third-order valence-electron chi connectivity index (χ3n) is 0.999. The summed E-state index contributed by atoms with van der Waals surface area (Å²) in [6, 6.07) is 4.10. The fourth-order valence-corrected chi connectivity index (χ4v) is 1.80. The van der Waals surface area contributed by atoms with E-state index in [0.29, 0.717) is 0 Å². The molecule has 1 rings (SSSR count). The molecule has 0 bridgehead atoms. The molecular formula is C9H13NS2. The van der Waals surface area contributed by atoms with Crippen LogP contribution in [0.5, 0.6) is 0 Å². The summed E-state index contributed by atoms with van der Waals surface area (Å²) in [5.74, 6) is 0. The highest BCUT2D eigenvalue weighted by Gasteiger charge is 1.90. The maximum atomic E-state index is 5.29. The van der Waals surface area contributed by atoms with E-state index in [1.54, 1.807) is 23.5 Å². The van der Waals surface area contributed by atoms with Crippen molar-refractivity contribution < 1.29 is 0 Å². The molecule has 0 fully saturated rings. The van der Waals surface area contributed by atoms with Gasteiger partial charge in [-0.1, -0.05) is 25.3 Å². The number of nitrogens with two attached hydrogens (primary N) is 1. The second-order valence-corrected chi connectivity index (χ2v) is 4.18. The molecule has 0 aliphatic heterocycles. The summed E-state index contributed by atoms with van der Waals surface area (Å²) in [6.07, 6.45) is 3.28. The molecule has 0 unspecified atom stereocenters. The zero-order chi connectivity index (χ0) is 9.40. The minimum absolute atomic E-state index is 1.18. The van der Waals surface area contributed by atoms with E-state index in [2.05, 4.69) is 26.1 Å². The van der Waals surface area contributed by atoms with Crippen LogP contribution in [0.4, 0.5) is 0 Å². The first-order valence-electron chi connectivity index (χ1n) is 3.41. The Morgan fingerprint density at radius 2 is 2.00 bits per heavy atom. The average Bonchev–Trinajstić information content (AvgIpc) is 2.52. The Balaban J connectivity index is 0.000000261. The summed E-state index contributed by atoms with van der Waals surface area (Å²) in [7, 11) is 0. The fraction of sp³-hybridized carbons (Fsp3) is 0.111. The highest BCUT2D eigenvalue weighted by molar-refractivity contribution is 7.99. The van der Waals surface area contributed by atoms with Gasteiger partial charge >= 0.3 is 0 Å². The smallest absolute Gasteiger partial charge is 0.0751 e. The van der Waals surface area contributed by atoms with E-state index in [0.717, 1.165) is 0 Å². The van der Waals surface area contributed by atoms with Gasteiger partial charge in [0.1, 0.15) is 0 Å². The van der Waals surface area contributed by atoms with Crippen molar-refractivity contribution in [2.45, 2.75) is 11.1 Å². The zero-order valence-corrected chi connectivity index (χ0v) is 8.75. The summed E-state index contributed by atoms with van der Waals surface area (Å²) in [5, 5.41) is 5.29. The lowest BCUT2D eigenvalue weighted by atomic mass is 10.5. The van der Waals surface area contributed by atoms with Crippen molar-refractivity contribution in [1.29, 1.82) is 0 Å². The molecule has 1 nitrogen and oxygen atoms in total. The Hall–Kier alpha value is -0.510. The van der Waals surface area contributed by atoms with E-state index in [1.165, 1.54) is 21.0 Å². The van der Waals surface area contributed by atoms with Crippen molar-refractivity contribution in [3.8, 4) is 0 Å². The van der Waals surface area contributed by atoms with Gasteiger partial charge in [0.05, 0.1) is 4.21 Å². The average molecular weight is 199 g/mol. The summed E-state index contributed by atoms with van der Waals surface area (Å²) in [4.78, 5) is 1.32. The molecule has 1 aromatic heterocycles. The van der Waals surface area contributed by atoms with E-state index >= 15 is 0 Å². The van der Waals surface area contributed by atoms with Gasteiger partial charge in [-0.05, 0) is 31.0 Å². The monoisotopic (exact) mass is 199 g/mol. The van der Waals surface area contributed by atoms with Gasteiger partial charge in [-0.2, -0.15) is 0 Å². The quantitative estimate of drug-likeness (QED) is 0.583. The Kier molecular flexibility index (Phi) is 6.85. The van der Waals surface area contributed by atoms with Crippen molar-refractivity contribution in [1.82, 2.24) is 0 Å². The lowest BCUT2D eigenvalue weighted by molar-refractivity contribution is 1.63. The molecule has 1 heterocycles. The largest absolute Gasteiger partial charge is 0.273 e. The first-order valence-corrected chi connectivity index (χ1v) is 5.10. The summed E-state index contributed by atoms with van der Waals surface area (Å²) in [6.45, 7) is 8.80. The predicted octanol–water partition coefficient (Wildman–Crippen LogP) is 3.38. The Labute approximate surface area is 82.1 Å². The summed E-state index contributed by atoms with van der Waals surface area (Å²) < 4.78 is 1.18. The van der Waals surface area contributed by atoms with E-state index < -0.39 is 0 Å². The highest BCUT2D eigenvalue weighted by Crippen LogP contribution is 2.21. The molecule has 0 amide bonds. The van der Waals surface area contributed by atoms with Gasteiger partial charge in [0.2, 0.25) is 0 Å². The molecule has 0 radical (unpaired) electrons. The van der Waals surface area contributed by atoms with Crippen LogP contribution in [0.2, 0.25) is 0 Å². The predicted molar refractivity (Wildman–Crippen MR) is 59.5 cm³/mol. The van der Waals surface area contributed by atoms with Gasteiger partial charge in [-0.3, -0.25) is 5.14 Å². The molecule has 66 valence electrons. The number of hydrogen-bond acceptors (Lipinski definition) is 3. The number of hydrogen-bond donors (Lipinski definition) is 1. The van der Waals surface area contributed by atoms with Crippen LogP contribution in [0.1, 0.15) is 4.88 Å². The molecule has 0 atom stereocenters. The molecule has 0 saturated carbocycles. The summed E-state index contributed by atoms with van der Waals surface area (Å²) in [5.41, 5.74) is 0. The number of aryl methyl sites for hydroxylation is 1. The van der Waals surface area contributed by atoms with Crippen molar-refractivity contribution in [2.75, 3.05) is 0 Å². The lowest BCUT2D eigenvalue weighted by Crippen LogP contribution is -1.70. The van der Waals surface area contributed by atoms with E-state index in [4.69, 9.17) is 5.14 Å². The van der Waals surface area contributed by atoms with Crippen LogP contribution >= 0.6 is 23.3 Å². The van der Waals surface area contributed by atoms with E-state index in [1.807, 2.05) is 6.07 Å². The zero-order valence-electron chi connectivity index (χ0n) is 7.12. The van der Waals surface area contributed by atoms with Crippen LogP contribution in [0.25, 0.3) is 0 Å². The second-order valence-electron chi connectivity index (χ2n) is 1.95. The lowest BCUT2D eigenvalue weighted by Gasteiger charge is -1.80. The molecule has 3 heteroatoms. The van der Waals surface area contributed by atoms with Crippen molar-refractivity contribution >= 4 is 23.3 Å². The standard InChI is InChI=1S/C5H7NS2.C4H6/c1-4-2-3-5(7-4)8-6;1-3-4-2/h2-3H,6H2,1H3;3-4H,1-2H2. The van der Waals surface area contributed by atoms with Crippen LogP contribution in [0, 0.1) is 6.92 Å². The third kappa shape index (κ3) is 5.18. The molecule has 0 spiro atoms. The normalized spacial score (nSPS) is 8.17. The number of thiophene rings is 1. The highest BCUT2D eigenvalue weighted by atomic mass is 32.2. The molecule has 12 heavy (non-hydrogen) atoms. The van der Waals surface area contributed by atoms with Gasteiger partial charge in [-0.15, -0.1) is 11.3 Å². The molecule has 0 aromatic carbocycles. The van der Waals surface area contributed by atoms with Crippen LogP contribution in [-0.2, 0) is 0 Å².